The van der Waals surface area contributed by atoms with E-state index < -0.39 is 0 Å². The van der Waals surface area contributed by atoms with E-state index in [1.807, 2.05) is 12.1 Å². The third-order valence-corrected chi connectivity index (χ3v) is 2.14. The Morgan fingerprint density at radius 2 is 2.15 bits per heavy atom. The van der Waals surface area contributed by atoms with Crippen LogP contribution in [0.1, 0.15) is 24.9 Å². The molecule has 3 nitrogen and oxygen atoms in total. The molecule has 0 saturated carbocycles. The normalized spacial score (nSPS) is 12.2. The first-order chi connectivity index (χ1) is 6.29. The van der Waals surface area contributed by atoms with Crippen molar-refractivity contribution in [2.75, 3.05) is 7.05 Å². The molecule has 70 valence electrons. The second kappa shape index (κ2) is 4.60. The topological polar surface area (TPSA) is 33.2 Å². The first kappa shape index (κ1) is 9.71. The van der Waals surface area contributed by atoms with Gasteiger partial charge in [0.2, 0.25) is 6.41 Å². The average molecular weight is 178 g/mol. The van der Waals surface area contributed by atoms with Gasteiger partial charge in [-0.05, 0) is 24.1 Å². The Kier molecular flexibility index (Phi) is 3.43. The highest BCUT2D eigenvalue weighted by Crippen LogP contribution is 2.20. The Bertz CT molecular complexity index is 261. The SMILES string of the molecule is CCC(c1ccncc1)N(C)C=O. The molecule has 0 radical (unpaired) electrons. The van der Waals surface area contributed by atoms with Crippen molar-refractivity contribution in [3.05, 3.63) is 30.1 Å². The molecule has 13 heavy (non-hydrogen) atoms. The minimum atomic E-state index is 0.167. The largest absolute Gasteiger partial charge is 0.341 e. The first-order valence-electron chi connectivity index (χ1n) is 4.36. The van der Waals surface area contributed by atoms with Crippen LogP contribution < -0.4 is 0 Å². The molecule has 1 rings (SSSR count). The number of aromatic nitrogens is 1. The van der Waals surface area contributed by atoms with Gasteiger partial charge in [-0.2, -0.15) is 0 Å². The zero-order valence-electron chi connectivity index (χ0n) is 7.97. The smallest absolute Gasteiger partial charge is 0.209 e. The lowest BCUT2D eigenvalue weighted by molar-refractivity contribution is -0.119. The summed E-state index contributed by atoms with van der Waals surface area (Å²) >= 11 is 0. The van der Waals surface area contributed by atoms with E-state index in [1.165, 1.54) is 0 Å². The van der Waals surface area contributed by atoms with E-state index in [0.29, 0.717) is 0 Å². The predicted octanol–water partition coefficient (Wildman–Crippen LogP) is 1.62. The van der Waals surface area contributed by atoms with Gasteiger partial charge in [-0.15, -0.1) is 0 Å². The van der Waals surface area contributed by atoms with Gasteiger partial charge < -0.3 is 4.90 Å². The molecule has 1 heterocycles. The van der Waals surface area contributed by atoms with Crippen LogP contribution in [0, 0.1) is 0 Å². The fraction of sp³-hybridized carbons (Fsp3) is 0.400. The van der Waals surface area contributed by atoms with Crippen molar-refractivity contribution in [2.24, 2.45) is 0 Å². The Morgan fingerprint density at radius 1 is 1.54 bits per heavy atom. The lowest BCUT2D eigenvalue weighted by Crippen LogP contribution is -2.22. The van der Waals surface area contributed by atoms with Crippen LogP contribution in [0.3, 0.4) is 0 Å². The van der Waals surface area contributed by atoms with Gasteiger partial charge in [0.05, 0.1) is 6.04 Å². The van der Waals surface area contributed by atoms with Crippen LogP contribution in [-0.2, 0) is 4.79 Å². The lowest BCUT2D eigenvalue weighted by Gasteiger charge is -2.23. The van der Waals surface area contributed by atoms with Crippen molar-refractivity contribution in [1.29, 1.82) is 0 Å². The van der Waals surface area contributed by atoms with E-state index in [4.69, 9.17) is 0 Å². The Morgan fingerprint density at radius 3 is 2.62 bits per heavy atom. The molecule has 0 fully saturated rings. The van der Waals surface area contributed by atoms with Crippen molar-refractivity contribution in [2.45, 2.75) is 19.4 Å². The summed E-state index contributed by atoms with van der Waals surface area (Å²) < 4.78 is 0. The molecule has 0 bridgehead atoms. The Balaban J connectivity index is 2.84. The molecule has 1 amide bonds. The van der Waals surface area contributed by atoms with E-state index >= 15 is 0 Å². The molecule has 0 aromatic carbocycles. The number of hydrogen-bond donors (Lipinski definition) is 0. The van der Waals surface area contributed by atoms with Gasteiger partial charge >= 0.3 is 0 Å². The number of carbonyl (C=O) groups is 1. The molecule has 0 N–H and O–H groups in total. The molecule has 0 saturated heterocycles. The van der Waals surface area contributed by atoms with Crippen LogP contribution in [0.4, 0.5) is 0 Å². The highest BCUT2D eigenvalue weighted by atomic mass is 16.1. The van der Waals surface area contributed by atoms with Gasteiger partial charge in [-0.25, -0.2) is 0 Å². The van der Waals surface area contributed by atoms with Gasteiger partial charge in [0.25, 0.3) is 0 Å². The van der Waals surface area contributed by atoms with Crippen molar-refractivity contribution in [3.63, 3.8) is 0 Å². The molecule has 1 aromatic rings. The monoisotopic (exact) mass is 178 g/mol. The molecule has 0 spiro atoms. The van der Waals surface area contributed by atoms with Crippen LogP contribution in [0.5, 0.6) is 0 Å². The Hall–Kier alpha value is -1.38. The number of hydrogen-bond acceptors (Lipinski definition) is 2. The number of rotatable bonds is 4. The van der Waals surface area contributed by atoms with E-state index in [1.54, 1.807) is 24.3 Å². The van der Waals surface area contributed by atoms with Crippen LogP contribution in [-0.4, -0.2) is 23.3 Å². The van der Waals surface area contributed by atoms with Crippen LogP contribution >= 0.6 is 0 Å². The minimum absolute atomic E-state index is 0.167. The maximum absolute atomic E-state index is 10.6. The van der Waals surface area contributed by atoms with Crippen LogP contribution in [0.15, 0.2) is 24.5 Å². The quantitative estimate of drug-likeness (QED) is 0.656. The van der Waals surface area contributed by atoms with E-state index in [0.717, 1.165) is 18.4 Å². The van der Waals surface area contributed by atoms with Gasteiger partial charge in [0.1, 0.15) is 0 Å². The van der Waals surface area contributed by atoms with Gasteiger partial charge in [-0.1, -0.05) is 6.92 Å². The summed E-state index contributed by atoms with van der Waals surface area (Å²) in [6.07, 6.45) is 5.27. The third kappa shape index (κ3) is 2.28. The molecule has 1 aromatic heterocycles. The number of amides is 1. The summed E-state index contributed by atoms with van der Waals surface area (Å²) in [7, 11) is 1.79. The van der Waals surface area contributed by atoms with Crippen molar-refractivity contribution < 1.29 is 4.79 Å². The summed E-state index contributed by atoms with van der Waals surface area (Å²) in [6.45, 7) is 2.06. The second-order valence-corrected chi connectivity index (χ2v) is 2.98. The van der Waals surface area contributed by atoms with Crippen molar-refractivity contribution >= 4 is 6.41 Å². The number of carbonyl (C=O) groups excluding carboxylic acids is 1. The summed E-state index contributed by atoms with van der Waals surface area (Å²) in [6, 6.07) is 4.04. The van der Waals surface area contributed by atoms with E-state index in [-0.39, 0.29) is 6.04 Å². The van der Waals surface area contributed by atoms with Gasteiger partial charge in [0.15, 0.2) is 0 Å². The molecular formula is C10H14N2O. The highest BCUT2D eigenvalue weighted by molar-refractivity contribution is 5.48. The number of nitrogens with zero attached hydrogens (tertiary/aromatic N) is 2. The number of pyridine rings is 1. The summed E-state index contributed by atoms with van der Waals surface area (Å²) in [5.41, 5.74) is 1.13. The zero-order valence-corrected chi connectivity index (χ0v) is 7.97. The Labute approximate surface area is 78.4 Å². The fourth-order valence-electron chi connectivity index (χ4n) is 1.42. The van der Waals surface area contributed by atoms with Gasteiger partial charge in [0, 0.05) is 19.4 Å². The van der Waals surface area contributed by atoms with Gasteiger partial charge in [-0.3, -0.25) is 9.78 Å². The van der Waals surface area contributed by atoms with Crippen molar-refractivity contribution in [3.8, 4) is 0 Å². The molecule has 0 aliphatic rings. The fourth-order valence-corrected chi connectivity index (χ4v) is 1.42. The molecule has 1 atom stereocenters. The zero-order chi connectivity index (χ0) is 9.68. The maximum atomic E-state index is 10.6. The molecule has 0 aliphatic carbocycles. The van der Waals surface area contributed by atoms with E-state index in [2.05, 4.69) is 11.9 Å². The highest BCUT2D eigenvalue weighted by Gasteiger charge is 2.12. The van der Waals surface area contributed by atoms with E-state index in [9.17, 15) is 4.79 Å². The second-order valence-electron chi connectivity index (χ2n) is 2.98. The lowest BCUT2D eigenvalue weighted by atomic mass is 10.1. The van der Waals surface area contributed by atoms with Crippen LogP contribution in [0.2, 0.25) is 0 Å². The summed E-state index contributed by atoms with van der Waals surface area (Å²) in [5.74, 6) is 0. The summed E-state index contributed by atoms with van der Waals surface area (Å²) in [5, 5.41) is 0. The average Bonchev–Trinajstić information content (AvgIpc) is 2.20. The first-order valence-corrected chi connectivity index (χ1v) is 4.36. The van der Waals surface area contributed by atoms with Crippen LogP contribution in [0.25, 0.3) is 0 Å². The molecule has 0 aliphatic heterocycles. The molecule has 1 unspecified atom stereocenters. The standard InChI is InChI=1S/C10H14N2O/c1-3-10(12(2)8-13)9-4-6-11-7-5-9/h4-8,10H,3H2,1-2H3. The third-order valence-electron chi connectivity index (χ3n) is 2.14. The van der Waals surface area contributed by atoms with Crippen molar-refractivity contribution in [1.82, 2.24) is 9.88 Å². The molecule has 3 heteroatoms. The molecular weight excluding hydrogens is 164 g/mol. The summed E-state index contributed by atoms with van der Waals surface area (Å²) in [4.78, 5) is 16.2. The maximum Gasteiger partial charge on any atom is 0.209 e. The predicted molar refractivity (Wildman–Crippen MR) is 51.1 cm³/mol. The minimum Gasteiger partial charge on any atom is -0.341 e.